The Morgan fingerprint density at radius 2 is 1.62 bits per heavy atom. The van der Waals surface area contributed by atoms with Crippen LogP contribution in [-0.2, 0) is 14.8 Å². The Balaban J connectivity index is 0.00000106. The van der Waals surface area contributed by atoms with Crippen molar-refractivity contribution in [3.8, 4) is 0 Å². The summed E-state index contributed by atoms with van der Waals surface area (Å²) >= 11 is 0. The monoisotopic (exact) mass is 245 g/mol. The first-order valence-electron chi connectivity index (χ1n) is 4.25. The zero-order chi connectivity index (χ0) is 12.8. The van der Waals surface area contributed by atoms with Crippen LogP contribution in [0.2, 0.25) is 0 Å². The molecule has 0 atom stereocenters. The van der Waals surface area contributed by atoms with Crippen LogP contribution in [0.25, 0.3) is 0 Å². The number of carbonyl (C=O) groups is 1. The van der Waals surface area contributed by atoms with Gasteiger partial charge in [0.2, 0.25) is 10.0 Å². The highest BCUT2D eigenvalue weighted by atomic mass is 32.2. The highest BCUT2D eigenvalue weighted by Crippen LogP contribution is 2.12. The topological polar surface area (TPSA) is 92.5 Å². The summed E-state index contributed by atoms with van der Waals surface area (Å²) in [6.45, 7) is 2.00. The quantitative estimate of drug-likeness (QED) is 0.733. The number of rotatable bonds is 3. The molecule has 16 heavy (non-hydrogen) atoms. The second-order valence-corrected chi connectivity index (χ2v) is 4.64. The highest BCUT2D eigenvalue weighted by molar-refractivity contribution is 7.89. The van der Waals surface area contributed by atoms with Crippen LogP contribution < -0.4 is 10.6 Å². The maximum absolute atomic E-state index is 10.9. The average molecular weight is 245 g/mol. The molecular formula is C9H15N3O3S. The third-order valence-corrected chi connectivity index (χ3v) is 2.46. The van der Waals surface area contributed by atoms with Gasteiger partial charge in [-0.05, 0) is 24.3 Å². The number of hydrogen-bond donors (Lipinski definition) is 2. The fraction of sp³-hybridized carbons (Fsp3) is 0.222. The predicted octanol–water partition coefficient (Wildman–Crippen LogP) is 0.0376. The van der Waals surface area contributed by atoms with Crippen molar-refractivity contribution in [2.45, 2.75) is 4.90 Å². The third kappa shape index (κ3) is 4.87. The van der Waals surface area contributed by atoms with E-state index in [0.717, 1.165) is 5.69 Å². The van der Waals surface area contributed by atoms with Gasteiger partial charge in [0, 0.05) is 19.8 Å². The van der Waals surface area contributed by atoms with E-state index in [9.17, 15) is 8.42 Å². The number of carbonyl (C=O) groups excluding carboxylic acids is 1. The van der Waals surface area contributed by atoms with Crippen molar-refractivity contribution < 1.29 is 13.2 Å². The molecule has 1 aromatic carbocycles. The number of nitrogens with zero attached hydrogens (tertiary/aromatic N) is 1. The van der Waals surface area contributed by atoms with Crippen LogP contribution in [0.4, 0.5) is 5.69 Å². The summed E-state index contributed by atoms with van der Waals surface area (Å²) < 4.78 is 21.8. The molecule has 0 saturated carbocycles. The molecule has 0 spiro atoms. The number of benzene rings is 1. The van der Waals surface area contributed by atoms with Crippen molar-refractivity contribution in [1.82, 2.24) is 5.01 Å². The van der Waals surface area contributed by atoms with Crippen LogP contribution in [0.3, 0.4) is 0 Å². The predicted molar refractivity (Wildman–Crippen MR) is 62.2 cm³/mol. The fourth-order valence-electron chi connectivity index (χ4n) is 0.977. The van der Waals surface area contributed by atoms with Gasteiger partial charge in [0.15, 0.2) is 0 Å². The molecule has 1 aromatic rings. The van der Waals surface area contributed by atoms with Gasteiger partial charge in [-0.15, -0.1) is 0 Å². The summed E-state index contributed by atoms with van der Waals surface area (Å²) in [6, 6.07) is 6.22. The molecule has 0 saturated heterocycles. The first-order chi connectivity index (χ1) is 7.39. The zero-order valence-electron chi connectivity index (χ0n) is 9.17. The van der Waals surface area contributed by atoms with Crippen LogP contribution in [-0.4, -0.2) is 34.3 Å². The molecule has 0 heterocycles. The van der Waals surface area contributed by atoms with E-state index < -0.39 is 10.0 Å². The molecule has 0 radical (unpaired) electrons. The molecule has 0 fully saturated rings. The average Bonchev–Trinajstić information content (AvgIpc) is 2.19. The van der Waals surface area contributed by atoms with E-state index in [1.54, 1.807) is 17.1 Å². The molecule has 6 nitrogen and oxygen atoms in total. The molecule has 0 aliphatic carbocycles. The van der Waals surface area contributed by atoms with Crippen molar-refractivity contribution in [2.75, 3.05) is 19.5 Å². The maximum Gasteiger partial charge on any atom is 0.238 e. The molecule has 1 rings (SSSR count). The van der Waals surface area contributed by atoms with E-state index >= 15 is 0 Å². The minimum atomic E-state index is -3.59. The Hall–Kier alpha value is -1.44. The Morgan fingerprint density at radius 1 is 1.19 bits per heavy atom. The fourth-order valence-corrected chi connectivity index (χ4v) is 1.49. The van der Waals surface area contributed by atoms with Gasteiger partial charge in [-0.3, -0.25) is 0 Å². The van der Waals surface area contributed by atoms with E-state index in [2.05, 4.69) is 5.43 Å². The van der Waals surface area contributed by atoms with Crippen LogP contribution in [0.1, 0.15) is 0 Å². The van der Waals surface area contributed by atoms with E-state index in [1.165, 1.54) is 12.1 Å². The molecule has 90 valence electrons. The molecular weight excluding hydrogens is 230 g/mol. The van der Waals surface area contributed by atoms with Gasteiger partial charge >= 0.3 is 0 Å². The highest BCUT2D eigenvalue weighted by Gasteiger charge is 2.06. The third-order valence-electron chi connectivity index (χ3n) is 1.54. The Kier molecular flexibility index (Phi) is 5.65. The lowest BCUT2D eigenvalue weighted by molar-refractivity contribution is -0.0979. The van der Waals surface area contributed by atoms with Gasteiger partial charge in [0.25, 0.3) is 0 Å². The number of primary sulfonamides is 1. The van der Waals surface area contributed by atoms with Crippen molar-refractivity contribution >= 4 is 22.5 Å². The van der Waals surface area contributed by atoms with Crippen molar-refractivity contribution in [3.63, 3.8) is 0 Å². The number of nitrogens with one attached hydrogen (secondary N) is 1. The first-order valence-corrected chi connectivity index (χ1v) is 5.80. The van der Waals surface area contributed by atoms with Gasteiger partial charge in [-0.2, -0.15) is 0 Å². The molecule has 0 bridgehead atoms. The van der Waals surface area contributed by atoms with Crippen molar-refractivity contribution in [3.05, 3.63) is 24.3 Å². The second kappa shape index (κ2) is 6.21. The number of hydrogen-bond acceptors (Lipinski definition) is 5. The number of anilines is 1. The van der Waals surface area contributed by atoms with Crippen LogP contribution in [0, 0.1) is 0 Å². The van der Waals surface area contributed by atoms with Crippen molar-refractivity contribution in [1.29, 1.82) is 0 Å². The number of sulfonamides is 1. The summed E-state index contributed by atoms with van der Waals surface area (Å²) in [4.78, 5) is 8.11. The zero-order valence-corrected chi connectivity index (χ0v) is 9.99. The van der Waals surface area contributed by atoms with Gasteiger partial charge in [0.1, 0.15) is 6.79 Å². The van der Waals surface area contributed by atoms with E-state index in [0.29, 0.717) is 0 Å². The summed E-state index contributed by atoms with van der Waals surface area (Å²) in [5, 5.41) is 6.71. The summed E-state index contributed by atoms with van der Waals surface area (Å²) in [7, 11) is 0.0923. The SMILES string of the molecule is C=O.CN(C)Nc1ccc(S(N)(=O)=O)cc1. The molecule has 7 heteroatoms. The maximum atomic E-state index is 10.9. The van der Waals surface area contributed by atoms with Gasteiger partial charge in [-0.25, -0.2) is 18.6 Å². The standard InChI is InChI=1S/C8H13N3O2S.CH2O/c1-11(2)10-7-3-5-8(6-4-7)14(9,12)13;1-2/h3-6,10H,1-2H3,(H2,9,12,13);1H2. The van der Waals surface area contributed by atoms with E-state index in [4.69, 9.17) is 9.93 Å². The molecule has 0 aliphatic rings. The lowest BCUT2D eigenvalue weighted by Gasteiger charge is -2.13. The molecule has 0 amide bonds. The van der Waals surface area contributed by atoms with Crippen molar-refractivity contribution in [2.24, 2.45) is 5.14 Å². The Bertz CT molecular complexity index is 414. The van der Waals surface area contributed by atoms with Crippen LogP contribution in [0.15, 0.2) is 29.2 Å². The minimum Gasteiger partial charge on any atom is -0.319 e. The lowest BCUT2D eigenvalue weighted by Crippen LogP contribution is -2.19. The van der Waals surface area contributed by atoms with Gasteiger partial charge in [0.05, 0.1) is 4.90 Å². The molecule has 0 aromatic heterocycles. The minimum absolute atomic E-state index is 0.113. The second-order valence-electron chi connectivity index (χ2n) is 3.08. The smallest absolute Gasteiger partial charge is 0.238 e. The largest absolute Gasteiger partial charge is 0.319 e. The van der Waals surface area contributed by atoms with Gasteiger partial charge < -0.3 is 10.2 Å². The van der Waals surface area contributed by atoms with Crippen LogP contribution >= 0.6 is 0 Å². The normalized spacial score (nSPS) is 10.5. The number of hydrazine groups is 1. The summed E-state index contributed by atoms with van der Waals surface area (Å²) in [6.07, 6.45) is 0. The first kappa shape index (κ1) is 14.6. The van der Waals surface area contributed by atoms with Crippen LogP contribution in [0.5, 0.6) is 0 Å². The molecule has 3 N–H and O–H groups in total. The Morgan fingerprint density at radius 3 is 1.94 bits per heavy atom. The van der Waals surface area contributed by atoms with Gasteiger partial charge in [-0.1, -0.05) is 0 Å². The van der Waals surface area contributed by atoms with E-state index in [1.807, 2.05) is 20.9 Å². The Labute approximate surface area is 95.1 Å². The molecule has 0 aliphatic heterocycles. The lowest BCUT2D eigenvalue weighted by atomic mass is 10.3. The number of nitrogens with two attached hydrogens (primary N) is 1. The summed E-state index contributed by atoms with van der Waals surface area (Å²) in [5.41, 5.74) is 3.79. The molecule has 0 unspecified atom stereocenters. The van der Waals surface area contributed by atoms with E-state index in [-0.39, 0.29) is 4.90 Å². The summed E-state index contributed by atoms with van der Waals surface area (Å²) in [5.74, 6) is 0.